The average molecular weight is 350 g/mol. The summed E-state index contributed by atoms with van der Waals surface area (Å²) in [5.74, 6) is 0.546. The third-order valence-electron chi connectivity index (χ3n) is 5.06. The highest BCUT2D eigenvalue weighted by Gasteiger charge is 2.26. The molecule has 0 aliphatic carbocycles. The van der Waals surface area contributed by atoms with Crippen LogP contribution < -0.4 is 0 Å². The van der Waals surface area contributed by atoms with Crippen molar-refractivity contribution in [2.24, 2.45) is 7.05 Å². The molecule has 0 saturated carbocycles. The number of aryl methyl sites for hydroxylation is 2. The second kappa shape index (κ2) is 6.74. The lowest BCUT2D eigenvalue weighted by Gasteiger charge is -2.32. The topological polar surface area (TPSA) is 68.8 Å². The van der Waals surface area contributed by atoms with Crippen molar-refractivity contribution in [1.82, 2.24) is 29.4 Å². The minimum absolute atomic E-state index is 0.0713. The van der Waals surface area contributed by atoms with Crippen LogP contribution in [-0.4, -0.2) is 48.4 Å². The van der Waals surface area contributed by atoms with Gasteiger partial charge in [0.15, 0.2) is 0 Å². The van der Waals surface area contributed by atoms with E-state index >= 15 is 0 Å². The highest BCUT2D eigenvalue weighted by Crippen LogP contribution is 2.29. The van der Waals surface area contributed by atoms with Crippen LogP contribution in [0.5, 0.6) is 0 Å². The van der Waals surface area contributed by atoms with Gasteiger partial charge in [-0.2, -0.15) is 5.10 Å². The molecule has 0 radical (unpaired) electrons. The summed E-state index contributed by atoms with van der Waals surface area (Å²) in [5.41, 5.74) is 3.85. The van der Waals surface area contributed by atoms with E-state index in [2.05, 4.69) is 21.5 Å². The zero-order valence-corrected chi connectivity index (χ0v) is 15.0. The Morgan fingerprint density at radius 2 is 1.88 bits per heavy atom. The first-order valence-electron chi connectivity index (χ1n) is 8.85. The molecule has 1 aromatic carbocycles. The lowest BCUT2D eigenvalue weighted by atomic mass is 9.91. The molecule has 3 heterocycles. The lowest BCUT2D eigenvalue weighted by molar-refractivity contribution is 0.0713. The van der Waals surface area contributed by atoms with Gasteiger partial charge in [0.1, 0.15) is 12.7 Å². The summed E-state index contributed by atoms with van der Waals surface area (Å²) in [4.78, 5) is 15.1. The van der Waals surface area contributed by atoms with Crippen molar-refractivity contribution >= 4 is 5.91 Å². The van der Waals surface area contributed by atoms with Crippen LogP contribution in [0.15, 0.2) is 43.2 Å². The Kier molecular flexibility index (Phi) is 4.28. The third-order valence-corrected chi connectivity index (χ3v) is 5.06. The number of nitrogens with zero attached hydrogens (tertiary/aromatic N) is 6. The molecule has 1 aliphatic rings. The predicted molar refractivity (Wildman–Crippen MR) is 97.2 cm³/mol. The highest BCUT2D eigenvalue weighted by atomic mass is 16.2. The summed E-state index contributed by atoms with van der Waals surface area (Å²) >= 11 is 0. The number of benzene rings is 1. The summed E-state index contributed by atoms with van der Waals surface area (Å²) in [6, 6.07) is 5.90. The Morgan fingerprint density at radius 1 is 1.15 bits per heavy atom. The van der Waals surface area contributed by atoms with Crippen molar-refractivity contribution in [3.8, 4) is 5.69 Å². The summed E-state index contributed by atoms with van der Waals surface area (Å²) < 4.78 is 3.63. The summed E-state index contributed by atoms with van der Waals surface area (Å²) in [7, 11) is 1.94. The molecule has 7 heteroatoms. The van der Waals surface area contributed by atoms with Gasteiger partial charge in [-0.1, -0.05) is 11.6 Å². The van der Waals surface area contributed by atoms with Crippen LogP contribution in [0.4, 0.5) is 0 Å². The monoisotopic (exact) mass is 350 g/mol. The number of carbonyl (C=O) groups excluding carboxylic acids is 1. The molecule has 0 N–H and O–H groups in total. The Balaban J connectivity index is 1.53. The normalized spacial score (nSPS) is 15.4. The Hall–Kier alpha value is -2.96. The molecule has 1 fully saturated rings. The SMILES string of the molecule is Cc1ccc(-n2cnnc2)c(C(=O)N2CCC(c3cnn(C)c3)CC2)c1. The van der Waals surface area contributed by atoms with Crippen LogP contribution in [0.25, 0.3) is 5.69 Å². The summed E-state index contributed by atoms with van der Waals surface area (Å²) in [6.45, 7) is 3.52. The van der Waals surface area contributed by atoms with Crippen molar-refractivity contribution in [1.29, 1.82) is 0 Å². The van der Waals surface area contributed by atoms with Gasteiger partial charge >= 0.3 is 0 Å². The number of aromatic nitrogens is 5. The van der Waals surface area contributed by atoms with Crippen LogP contribution in [0, 0.1) is 6.92 Å². The summed E-state index contributed by atoms with van der Waals surface area (Å²) in [6.07, 6.45) is 9.18. The maximum Gasteiger partial charge on any atom is 0.255 e. The van der Waals surface area contributed by atoms with Crippen LogP contribution in [-0.2, 0) is 7.05 Å². The first-order chi connectivity index (χ1) is 12.6. The zero-order chi connectivity index (χ0) is 18.1. The average Bonchev–Trinajstić information content (AvgIpc) is 3.33. The number of hydrogen-bond acceptors (Lipinski definition) is 4. The van der Waals surface area contributed by atoms with Gasteiger partial charge in [0.25, 0.3) is 5.91 Å². The van der Waals surface area contributed by atoms with Gasteiger partial charge in [0.05, 0.1) is 17.4 Å². The fourth-order valence-corrected chi connectivity index (χ4v) is 3.61. The number of rotatable bonds is 3. The Bertz CT molecular complexity index is 906. The molecule has 1 amide bonds. The van der Waals surface area contributed by atoms with Crippen molar-refractivity contribution < 1.29 is 4.79 Å². The maximum absolute atomic E-state index is 13.2. The molecule has 1 aliphatic heterocycles. The molecule has 4 rings (SSSR count). The first kappa shape index (κ1) is 16.5. The lowest BCUT2D eigenvalue weighted by Crippen LogP contribution is -2.38. The smallest absolute Gasteiger partial charge is 0.255 e. The largest absolute Gasteiger partial charge is 0.339 e. The van der Waals surface area contributed by atoms with Crippen LogP contribution >= 0.6 is 0 Å². The minimum atomic E-state index is 0.0713. The molecule has 0 spiro atoms. The Morgan fingerprint density at radius 3 is 2.54 bits per heavy atom. The van der Waals surface area contributed by atoms with E-state index in [1.807, 2.05) is 47.9 Å². The van der Waals surface area contributed by atoms with Crippen LogP contribution in [0.3, 0.4) is 0 Å². The van der Waals surface area contributed by atoms with E-state index in [9.17, 15) is 4.79 Å². The quantitative estimate of drug-likeness (QED) is 0.727. The molecule has 0 atom stereocenters. The predicted octanol–water partition coefficient (Wildman–Crippen LogP) is 2.33. The molecule has 0 bridgehead atoms. The molecule has 7 nitrogen and oxygen atoms in total. The molecule has 1 saturated heterocycles. The zero-order valence-electron chi connectivity index (χ0n) is 15.0. The number of carbonyl (C=O) groups is 1. The molecular formula is C19H22N6O. The third kappa shape index (κ3) is 3.12. The van der Waals surface area contributed by atoms with Gasteiger partial charge in [0.2, 0.25) is 0 Å². The molecular weight excluding hydrogens is 328 g/mol. The van der Waals surface area contributed by atoms with Crippen molar-refractivity contribution in [3.63, 3.8) is 0 Å². The molecule has 3 aromatic rings. The molecule has 0 unspecified atom stereocenters. The van der Waals surface area contributed by atoms with Gasteiger partial charge in [-0.25, -0.2) is 0 Å². The van der Waals surface area contributed by atoms with E-state index in [1.165, 1.54) is 5.56 Å². The van der Waals surface area contributed by atoms with Gasteiger partial charge < -0.3 is 4.90 Å². The second-order valence-corrected chi connectivity index (χ2v) is 6.90. The van der Waals surface area contributed by atoms with Gasteiger partial charge in [-0.05, 0) is 43.4 Å². The van der Waals surface area contributed by atoms with E-state index in [1.54, 1.807) is 17.2 Å². The maximum atomic E-state index is 13.2. The molecule has 2 aromatic heterocycles. The van der Waals surface area contributed by atoms with Crippen molar-refractivity contribution in [3.05, 3.63) is 59.9 Å². The fourth-order valence-electron chi connectivity index (χ4n) is 3.61. The molecule has 26 heavy (non-hydrogen) atoms. The summed E-state index contributed by atoms with van der Waals surface area (Å²) in [5, 5.41) is 12.0. The van der Waals surface area contributed by atoms with E-state index < -0.39 is 0 Å². The van der Waals surface area contributed by atoms with E-state index in [0.29, 0.717) is 11.5 Å². The van der Waals surface area contributed by atoms with E-state index in [-0.39, 0.29) is 5.91 Å². The van der Waals surface area contributed by atoms with Crippen LogP contribution in [0.1, 0.15) is 40.2 Å². The number of amides is 1. The van der Waals surface area contributed by atoms with E-state index in [0.717, 1.165) is 37.2 Å². The number of likely N-dealkylation sites (tertiary alicyclic amines) is 1. The highest BCUT2D eigenvalue weighted by molar-refractivity contribution is 5.98. The van der Waals surface area contributed by atoms with Crippen LogP contribution in [0.2, 0.25) is 0 Å². The van der Waals surface area contributed by atoms with Crippen molar-refractivity contribution in [2.45, 2.75) is 25.7 Å². The minimum Gasteiger partial charge on any atom is -0.339 e. The number of piperidine rings is 1. The first-order valence-corrected chi connectivity index (χ1v) is 8.85. The van der Waals surface area contributed by atoms with Gasteiger partial charge in [-0.15, -0.1) is 10.2 Å². The van der Waals surface area contributed by atoms with Crippen molar-refractivity contribution in [2.75, 3.05) is 13.1 Å². The fraction of sp³-hybridized carbons (Fsp3) is 0.368. The standard InChI is InChI=1S/C19H22N6O/c1-14-3-4-18(25-12-20-21-13-25)17(9-14)19(26)24-7-5-15(6-8-24)16-10-22-23(2)11-16/h3-4,9-13,15H,5-8H2,1-2H3. The molecule has 134 valence electrons. The van der Waals surface area contributed by atoms with E-state index in [4.69, 9.17) is 0 Å². The number of hydrogen-bond donors (Lipinski definition) is 0. The van der Waals surface area contributed by atoms with Gasteiger partial charge in [0, 0.05) is 26.3 Å². The van der Waals surface area contributed by atoms with Gasteiger partial charge in [-0.3, -0.25) is 14.0 Å². The Labute approximate surface area is 152 Å². The second-order valence-electron chi connectivity index (χ2n) is 6.90.